The average molecular weight is 309 g/mol. The van der Waals surface area contributed by atoms with Gasteiger partial charge < -0.3 is 10.6 Å². The Hall–Kier alpha value is -0.940. The summed E-state index contributed by atoms with van der Waals surface area (Å²) in [5, 5.41) is 0. The first-order chi connectivity index (χ1) is 9.75. The van der Waals surface area contributed by atoms with Gasteiger partial charge in [0.25, 0.3) is 0 Å². The summed E-state index contributed by atoms with van der Waals surface area (Å²) < 4.78 is 0. The maximum atomic E-state index is 12.9. The van der Waals surface area contributed by atoms with Gasteiger partial charge in [-0.1, -0.05) is 20.8 Å². The molecule has 0 saturated heterocycles. The summed E-state index contributed by atoms with van der Waals surface area (Å²) in [7, 11) is 1.90. The van der Waals surface area contributed by atoms with Crippen LogP contribution in [-0.2, 0) is 11.3 Å². The molecule has 1 fully saturated rings. The number of aromatic nitrogens is 1. The largest absolute Gasteiger partial charge is 0.340 e. The third-order valence-electron chi connectivity index (χ3n) is 5.40. The van der Waals surface area contributed by atoms with E-state index >= 15 is 0 Å². The first kappa shape index (κ1) is 16.4. The van der Waals surface area contributed by atoms with E-state index in [0.29, 0.717) is 12.5 Å². The van der Waals surface area contributed by atoms with Crippen LogP contribution in [0.2, 0.25) is 0 Å². The number of rotatable bonds is 3. The highest BCUT2D eigenvalue weighted by Gasteiger charge is 2.45. The van der Waals surface area contributed by atoms with Gasteiger partial charge in [-0.2, -0.15) is 0 Å². The van der Waals surface area contributed by atoms with Gasteiger partial charge in [0.05, 0.1) is 17.7 Å². The number of thiazole rings is 1. The molecule has 3 unspecified atom stereocenters. The zero-order valence-electron chi connectivity index (χ0n) is 13.7. The Morgan fingerprint density at radius 1 is 1.52 bits per heavy atom. The van der Waals surface area contributed by atoms with Gasteiger partial charge in [-0.05, 0) is 31.1 Å². The second kappa shape index (κ2) is 6.05. The van der Waals surface area contributed by atoms with Crippen molar-refractivity contribution in [2.45, 2.75) is 53.1 Å². The number of nitrogens with two attached hydrogens (primary N) is 1. The highest BCUT2D eigenvalue weighted by molar-refractivity contribution is 7.09. The lowest BCUT2D eigenvalue weighted by atomic mass is 9.61. The van der Waals surface area contributed by atoms with Gasteiger partial charge in [-0.25, -0.2) is 4.98 Å². The Balaban J connectivity index is 2.10. The number of carbonyl (C=O) groups is 1. The highest BCUT2D eigenvalue weighted by Crippen LogP contribution is 2.45. The van der Waals surface area contributed by atoms with Crippen molar-refractivity contribution in [3.63, 3.8) is 0 Å². The van der Waals surface area contributed by atoms with E-state index in [1.54, 1.807) is 11.3 Å². The average Bonchev–Trinajstić information content (AvgIpc) is 2.81. The molecule has 2 rings (SSSR count). The topological polar surface area (TPSA) is 59.2 Å². The van der Waals surface area contributed by atoms with Gasteiger partial charge in [0.15, 0.2) is 0 Å². The molecule has 4 nitrogen and oxygen atoms in total. The molecule has 1 aliphatic rings. The summed E-state index contributed by atoms with van der Waals surface area (Å²) in [4.78, 5) is 20.2. The van der Waals surface area contributed by atoms with Crippen molar-refractivity contribution in [1.82, 2.24) is 9.88 Å². The van der Waals surface area contributed by atoms with Gasteiger partial charge in [-0.3, -0.25) is 4.79 Å². The SMILES string of the molecule is Cc1ncsc1CN(C)C(=O)C1CCC(N)C(C)C1(C)C. The molecule has 118 valence electrons. The van der Waals surface area contributed by atoms with Crippen LogP contribution < -0.4 is 5.73 Å². The van der Waals surface area contributed by atoms with Crippen molar-refractivity contribution in [3.8, 4) is 0 Å². The molecular formula is C16H27N3OS. The van der Waals surface area contributed by atoms with E-state index in [0.717, 1.165) is 18.5 Å². The molecule has 1 heterocycles. The molecular weight excluding hydrogens is 282 g/mol. The summed E-state index contributed by atoms with van der Waals surface area (Å²) in [5.74, 6) is 0.663. The Labute approximate surface area is 131 Å². The van der Waals surface area contributed by atoms with Crippen LogP contribution in [-0.4, -0.2) is 28.9 Å². The molecule has 0 radical (unpaired) electrons. The number of nitrogens with zero attached hydrogens (tertiary/aromatic N) is 2. The predicted octanol–water partition coefficient (Wildman–Crippen LogP) is 2.81. The third kappa shape index (κ3) is 3.14. The van der Waals surface area contributed by atoms with Crippen LogP contribution >= 0.6 is 11.3 Å². The summed E-state index contributed by atoms with van der Waals surface area (Å²) >= 11 is 1.62. The van der Waals surface area contributed by atoms with E-state index < -0.39 is 0 Å². The second-order valence-corrected chi connectivity index (χ2v) is 7.90. The molecule has 0 aliphatic heterocycles. The number of amides is 1. The van der Waals surface area contributed by atoms with Crippen molar-refractivity contribution in [3.05, 3.63) is 16.1 Å². The lowest BCUT2D eigenvalue weighted by Crippen LogP contribution is -2.51. The summed E-state index contributed by atoms with van der Waals surface area (Å²) in [5.41, 5.74) is 9.01. The Morgan fingerprint density at radius 2 is 2.19 bits per heavy atom. The molecule has 5 heteroatoms. The maximum absolute atomic E-state index is 12.9. The highest BCUT2D eigenvalue weighted by atomic mass is 32.1. The monoisotopic (exact) mass is 309 g/mol. The van der Waals surface area contributed by atoms with Gasteiger partial charge >= 0.3 is 0 Å². The minimum absolute atomic E-state index is 0.0498. The van der Waals surface area contributed by atoms with E-state index in [1.165, 1.54) is 4.88 Å². The fourth-order valence-corrected chi connectivity index (χ4v) is 4.16. The minimum Gasteiger partial charge on any atom is -0.340 e. The van der Waals surface area contributed by atoms with E-state index in [1.807, 2.05) is 24.4 Å². The normalized spacial score (nSPS) is 28.4. The van der Waals surface area contributed by atoms with Gasteiger partial charge in [0.2, 0.25) is 5.91 Å². The summed E-state index contributed by atoms with van der Waals surface area (Å²) in [6.45, 7) is 9.20. The van der Waals surface area contributed by atoms with Gasteiger partial charge in [0.1, 0.15) is 0 Å². The van der Waals surface area contributed by atoms with E-state index in [4.69, 9.17) is 5.73 Å². The van der Waals surface area contributed by atoms with E-state index in [9.17, 15) is 4.79 Å². The maximum Gasteiger partial charge on any atom is 0.226 e. The quantitative estimate of drug-likeness (QED) is 0.934. The fourth-order valence-electron chi connectivity index (χ4n) is 3.33. The fraction of sp³-hybridized carbons (Fsp3) is 0.750. The number of carbonyl (C=O) groups excluding carboxylic acids is 1. The van der Waals surface area contributed by atoms with E-state index in [2.05, 4.69) is 25.8 Å². The van der Waals surface area contributed by atoms with Crippen LogP contribution in [0.25, 0.3) is 0 Å². The molecule has 0 aromatic carbocycles. The zero-order chi connectivity index (χ0) is 15.8. The lowest BCUT2D eigenvalue weighted by Gasteiger charge is -2.47. The molecule has 1 aromatic heterocycles. The third-order valence-corrected chi connectivity index (χ3v) is 6.32. The summed E-state index contributed by atoms with van der Waals surface area (Å²) in [6, 6.07) is 0.207. The van der Waals surface area contributed by atoms with Crippen molar-refractivity contribution in [2.75, 3.05) is 7.05 Å². The summed E-state index contributed by atoms with van der Waals surface area (Å²) in [6.07, 6.45) is 1.83. The molecule has 3 atom stereocenters. The molecule has 1 amide bonds. The molecule has 0 spiro atoms. The van der Waals surface area contributed by atoms with Crippen molar-refractivity contribution < 1.29 is 4.79 Å². The van der Waals surface area contributed by atoms with Crippen LogP contribution in [0.1, 0.15) is 44.2 Å². The second-order valence-electron chi connectivity index (χ2n) is 6.96. The van der Waals surface area contributed by atoms with Crippen LogP contribution in [0.15, 0.2) is 5.51 Å². The number of aryl methyl sites for hydroxylation is 1. The molecule has 2 N–H and O–H groups in total. The van der Waals surface area contributed by atoms with Gasteiger partial charge in [-0.15, -0.1) is 11.3 Å². The molecule has 1 saturated carbocycles. The van der Waals surface area contributed by atoms with Crippen LogP contribution in [0.5, 0.6) is 0 Å². The van der Waals surface area contributed by atoms with Crippen LogP contribution in [0, 0.1) is 24.2 Å². The van der Waals surface area contributed by atoms with Crippen LogP contribution in [0.3, 0.4) is 0 Å². The number of hydrogen-bond acceptors (Lipinski definition) is 4. The molecule has 21 heavy (non-hydrogen) atoms. The van der Waals surface area contributed by atoms with Gasteiger partial charge in [0, 0.05) is 23.9 Å². The predicted molar refractivity (Wildman–Crippen MR) is 87.0 cm³/mol. The van der Waals surface area contributed by atoms with E-state index in [-0.39, 0.29) is 23.3 Å². The Bertz CT molecular complexity index is 511. The van der Waals surface area contributed by atoms with Crippen LogP contribution in [0.4, 0.5) is 0 Å². The smallest absolute Gasteiger partial charge is 0.226 e. The number of hydrogen-bond donors (Lipinski definition) is 1. The first-order valence-electron chi connectivity index (χ1n) is 7.64. The van der Waals surface area contributed by atoms with Crippen molar-refractivity contribution >= 4 is 17.2 Å². The van der Waals surface area contributed by atoms with Crippen molar-refractivity contribution in [1.29, 1.82) is 0 Å². The molecule has 1 aliphatic carbocycles. The van der Waals surface area contributed by atoms with Crippen molar-refractivity contribution in [2.24, 2.45) is 23.0 Å². The first-order valence-corrected chi connectivity index (χ1v) is 8.52. The standard InChI is InChI=1S/C16H27N3OS/c1-10-13(17)7-6-12(16(10,3)4)15(20)19(5)8-14-11(2)18-9-21-14/h9-10,12-13H,6-8,17H2,1-5H3. The zero-order valence-corrected chi connectivity index (χ0v) is 14.5. The minimum atomic E-state index is -0.0498. The lowest BCUT2D eigenvalue weighted by molar-refractivity contribution is -0.142. The Morgan fingerprint density at radius 3 is 2.76 bits per heavy atom. The Kier molecular flexibility index (Phi) is 4.73. The molecule has 0 bridgehead atoms. The molecule has 1 aromatic rings.